The highest BCUT2D eigenvalue weighted by Crippen LogP contribution is 2.51. The number of benzene rings is 3. The van der Waals surface area contributed by atoms with E-state index in [0.717, 1.165) is 27.8 Å². The van der Waals surface area contributed by atoms with Crippen LogP contribution < -0.4 is 20.1 Å². The number of carbonyl (C=O) groups is 2. The van der Waals surface area contributed by atoms with Crippen molar-refractivity contribution in [1.29, 1.82) is 0 Å². The normalized spacial score (nSPS) is 15.0. The van der Waals surface area contributed by atoms with Crippen molar-refractivity contribution in [3.8, 4) is 22.6 Å². The van der Waals surface area contributed by atoms with Crippen molar-refractivity contribution in [3.05, 3.63) is 77.1 Å². The Morgan fingerprint density at radius 1 is 1.03 bits per heavy atom. The fraction of sp³-hybridized carbons (Fsp3) is 0.259. The lowest BCUT2D eigenvalue weighted by Crippen LogP contribution is -2.28. The van der Waals surface area contributed by atoms with E-state index in [-0.39, 0.29) is 27.1 Å². The molecule has 34 heavy (non-hydrogen) atoms. The maximum atomic E-state index is 14.8. The molecule has 0 atom stereocenters. The van der Waals surface area contributed by atoms with Gasteiger partial charge < -0.3 is 20.1 Å². The number of hydrogen-bond donors (Lipinski definition) is 2. The molecule has 7 heteroatoms. The fourth-order valence-electron chi connectivity index (χ4n) is 4.32. The molecule has 3 aromatic rings. The molecule has 178 valence electrons. The number of anilines is 1. The average molecular weight is 465 g/mol. The summed E-state index contributed by atoms with van der Waals surface area (Å²) in [6.07, 6.45) is 1.38. The van der Waals surface area contributed by atoms with E-state index >= 15 is 0 Å². The molecule has 0 radical (unpaired) electrons. The zero-order valence-corrected chi connectivity index (χ0v) is 19.0. The lowest BCUT2D eigenvalue weighted by molar-refractivity contribution is -0.119. The van der Waals surface area contributed by atoms with Crippen molar-refractivity contribution >= 4 is 17.5 Å². The van der Waals surface area contributed by atoms with Crippen molar-refractivity contribution in [2.75, 3.05) is 12.1 Å². The fourth-order valence-corrected chi connectivity index (χ4v) is 4.32. The molecule has 3 aromatic carbocycles. The number of rotatable bonds is 6. The van der Waals surface area contributed by atoms with Crippen LogP contribution in [0, 0.1) is 12.7 Å². The summed E-state index contributed by atoms with van der Waals surface area (Å²) >= 11 is 0. The zero-order chi connectivity index (χ0) is 23.9. The minimum absolute atomic E-state index is 0. The van der Waals surface area contributed by atoms with E-state index in [0.29, 0.717) is 30.9 Å². The number of nitrogens with one attached hydrogen (secondary N) is 2. The SMILES string of the molecule is CC(=O)NCc1ccc(-c2cc(NC(=O)C3(c4ccc5c(c4)OCO5)CC3)c(F)cc2C)cc1.[HH].[HH]. The van der Waals surface area contributed by atoms with E-state index in [1.165, 1.54) is 13.0 Å². The summed E-state index contributed by atoms with van der Waals surface area (Å²) in [4.78, 5) is 24.4. The molecule has 2 N–H and O–H groups in total. The number of ether oxygens (including phenoxy) is 2. The van der Waals surface area contributed by atoms with Gasteiger partial charge in [-0.2, -0.15) is 0 Å². The van der Waals surface area contributed by atoms with Gasteiger partial charge in [0.05, 0.1) is 11.1 Å². The molecular weight excluding hydrogens is 435 g/mol. The maximum absolute atomic E-state index is 14.8. The van der Waals surface area contributed by atoms with E-state index in [1.807, 2.05) is 49.4 Å². The largest absolute Gasteiger partial charge is 0.454 e. The minimum atomic E-state index is -0.691. The third kappa shape index (κ3) is 4.09. The van der Waals surface area contributed by atoms with Crippen molar-refractivity contribution in [3.63, 3.8) is 0 Å². The number of halogens is 1. The molecule has 0 unspecified atom stereocenters. The molecule has 0 spiro atoms. The molecule has 2 amide bonds. The van der Waals surface area contributed by atoms with Gasteiger partial charge in [-0.1, -0.05) is 30.3 Å². The smallest absolute Gasteiger partial charge is 0.235 e. The van der Waals surface area contributed by atoms with Crippen molar-refractivity contribution in [2.24, 2.45) is 0 Å². The van der Waals surface area contributed by atoms with Crippen LogP contribution in [0.1, 0.15) is 39.3 Å². The van der Waals surface area contributed by atoms with Crippen LogP contribution >= 0.6 is 0 Å². The third-order valence-corrected chi connectivity index (χ3v) is 6.48. The first-order valence-corrected chi connectivity index (χ1v) is 11.2. The second-order valence-electron chi connectivity index (χ2n) is 8.86. The summed E-state index contributed by atoms with van der Waals surface area (Å²) in [6.45, 7) is 3.93. The topological polar surface area (TPSA) is 76.7 Å². The van der Waals surface area contributed by atoms with Crippen LogP contribution in [0.3, 0.4) is 0 Å². The van der Waals surface area contributed by atoms with Gasteiger partial charge in [-0.15, -0.1) is 0 Å². The lowest BCUT2D eigenvalue weighted by Gasteiger charge is -2.18. The number of hydrogen-bond acceptors (Lipinski definition) is 4. The van der Waals surface area contributed by atoms with Gasteiger partial charge in [0.25, 0.3) is 0 Å². The van der Waals surface area contributed by atoms with Crippen molar-refractivity contribution in [2.45, 2.75) is 38.6 Å². The van der Waals surface area contributed by atoms with E-state index in [4.69, 9.17) is 9.47 Å². The van der Waals surface area contributed by atoms with Crippen LogP contribution in [0.25, 0.3) is 11.1 Å². The Hall–Kier alpha value is -3.87. The number of amides is 2. The third-order valence-electron chi connectivity index (χ3n) is 6.48. The average Bonchev–Trinajstić information content (AvgIpc) is 3.50. The van der Waals surface area contributed by atoms with Gasteiger partial charge >= 0.3 is 0 Å². The highest BCUT2D eigenvalue weighted by molar-refractivity contribution is 6.02. The monoisotopic (exact) mass is 464 g/mol. The molecule has 1 aliphatic carbocycles. The standard InChI is InChI=1S/C27H25FN2O4.2H2/c1-16-11-22(28)23(13-21(16)19-5-3-18(4-6-19)14-29-17(2)31)30-26(32)27(9-10-27)20-7-8-24-25(12-20)34-15-33-24;;/h3-8,11-13H,9-10,14-15H2,1-2H3,(H,29,31)(H,30,32);2*1H. The Morgan fingerprint density at radius 3 is 2.47 bits per heavy atom. The van der Waals surface area contributed by atoms with E-state index < -0.39 is 11.2 Å². The number of fused-ring (bicyclic) bond motifs is 1. The van der Waals surface area contributed by atoms with E-state index in [1.54, 1.807) is 6.07 Å². The Balaban J connectivity index is 0.00000180. The first-order valence-electron chi connectivity index (χ1n) is 11.2. The highest BCUT2D eigenvalue weighted by Gasteiger charge is 2.51. The molecule has 2 aliphatic rings. The van der Waals surface area contributed by atoms with Crippen LogP contribution in [0.15, 0.2) is 54.6 Å². The molecule has 0 saturated heterocycles. The van der Waals surface area contributed by atoms with Crippen LogP contribution in [0.2, 0.25) is 0 Å². The summed E-state index contributed by atoms with van der Waals surface area (Å²) in [5, 5.41) is 5.59. The van der Waals surface area contributed by atoms with Gasteiger partial charge in [-0.05, 0) is 71.8 Å². The first kappa shape index (κ1) is 21.9. The zero-order valence-electron chi connectivity index (χ0n) is 19.0. The predicted molar refractivity (Wildman–Crippen MR) is 130 cm³/mol. The van der Waals surface area contributed by atoms with Crippen molar-refractivity contribution < 1.29 is 26.3 Å². The predicted octanol–water partition coefficient (Wildman–Crippen LogP) is 5.33. The second-order valence-corrected chi connectivity index (χ2v) is 8.86. The molecule has 0 aromatic heterocycles. The highest BCUT2D eigenvalue weighted by atomic mass is 19.1. The number of aryl methyl sites for hydroxylation is 1. The van der Waals surface area contributed by atoms with Gasteiger partial charge in [0.2, 0.25) is 18.6 Å². The summed E-state index contributed by atoms with van der Waals surface area (Å²) in [5.41, 5.74) is 3.77. The summed E-state index contributed by atoms with van der Waals surface area (Å²) in [6, 6.07) is 16.3. The minimum Gasteiger partial charge on any atom is -0.454 e. The summed E-state index contributed by atoms with van der Waals surface area (Å²) in [7, 11) is 0. The van der Waals surface area contributed by atoms with Gasteiger partial charge in [0.15, 0.2) is 11.5 Å². The quantitative estimate of drug-likeness (QED) is 0.517. The van der Waals surface area contributed by atoms with Crippen LogP contribution in [-0.4, -0.2) is 18.6 Å². The molecule has 1 heterocycles. The molecule has 1 saturated carbocycles. The molecule has 5 rings (SSSR count). The van der Waals surface area contributed by atoms with Gasteiger partial charge in [-0.25, -0.2) is 4.39 Å². The first-order chi connectivity index (χ1) is 16.4. The molecule has 6 nitrogen and oxygen atoms in total. The van der Waals surface area contributed by atoms with Gasteiger partial charge in [0.1, 0.15) is 5.82 Å². The van der Waals surface area contributed by atoms with Crippen LogP contribution in [0.4, 0.5) is 10.1 Å². The van der Waals surface area contributed by atoms with Gasteiger partial charge in [-0.3, -0.25) is 9.59 Å². The second kappa shape index (κ2) is 8.48. The van der Waals surface area contributed by atoms with Crippen LogP contribution in [-0.2, 0) is 21.5 Å². The Kier molecular flexibility index (Phi) is 5.48. The van der Waals surface area contributed by atoms with Gasteiger partial charge in [0, 0.05) is 16.3 Å². The summed E-state index contributed by atoms with van der Waals surface area (Å²) in [5.74, 6) is 0.497. The van der Waals surface area contributed by atoms with Crippen LogP contribution in [0.5, 0.6) is 11.5 Å². The molecule has 1 fully saturated rings. The Labute approximate surface area is 200 Å². The van der Waals surface area contributed by atoms with E-state index in [9.17, 15) is 14.0 Å². The Morgan fingerprint density at radius 2 is 1.76 bits per heavy atom. The number of carbonyl (C=O) groups excluding carboxylic acids is 2. The maximum Gasteiger partial charge on any atom is 0.235 e. The molecule has 1 aliphatic heterocycles. The lowest BCUT2D eigenvalue weighted by atomic mass is 9.94. The molecular formula is C27H29FN2O4. The summed E-state index contributed by atoms with van der Waals surface area (Å²) < 4.78 is 25.7. The molecule has 0 bridgehead atoms. The van der Waals surface area contributed by atoms with Crippen molar-refractivity contribution in [1.82, 2.24) is 5.32 Å². The Bertz CT molecular complexity index is 1290. The van der Waals surface area contributed by atoms with E-state index in [2.05, 4.69) is 10.6 Å².